The Kier molecular flexibility index (Phi) is 6.26. The van der Waals surface area contributed by atoms with Crippen LogP contribution in [0.1, 0.15) is 93.3 Å². The topological polar surface area (TPSA) is 46.5 Å². The molecule has 4 fully saturated rings. The molecule has 0 heterocycles. The van der Waals surface area contributed by atoms with E-state index in [2.05, 4.69) is 65.1 Å². The molecule has 1 N–H and O–H groups in total. The second-order valence-electron chi connectivity index (χ2n) is 13.5. The van der Waals surface area contributed by atoms with Crippen molar-refractivity contribution in [1.29, 1.82) is 0 Å². The van der Waals surface area contributed by atoms with Crippen molar-refractivity contribution in [1.82, 2.24) is 0 Å². The third-order valence-corrected chi connectivity index (χ3v) is 14.1. The van der Waals surface area contributed by atoms with Gasteiger partial charge < -0.3 is 9.53 Å². The van der Waals surface area contributed by atoms with Gasteiger partial charge in [0.15, 0.2) is 0 Å². The number of hydrogen-bond acceptors (Lipinski definition) is 2. The van der Waals surface area contributed by atoms with Crippen molar-refractivity contribution < 1.29 is 14.3 Å². The third kappa shape index (κ3) is 4.69. The molecule has 6 rings (SSSR count). The summed E-state index contributed by atoms with van der Waals surface area (Å²) < 4.78 is 7.04. The predicted molar refractivity (Wildman–Crippen MR) is 151 cm³/mol. The van der Waals surface area contributed by atoms with Crippen LogP contribution in [0.3, 0.4) is 0 Å². The summed E-state index contributed by atoms with van der Waals surface area (Å²) in [5.74, 6) is 2.88. The highest BCUT2D eigenvalue weighted by molar-refractivity contribution is 6.74. The summed E-state index contributed by atoms with van der Waals surface area (Å²) in [7, 11) is -1.97. The maximum absolute atomic E-state index is 11.2. The quantitative estimate of drug-likeness (QED) is 0.317. The number of rotatable bonds is 6. The standard InChI is InChI=1S/C32H42O3Si/c1-21(13-22-7-9-26(10-8-22)30(33)34)27-11-12-29(35-36(5,6)31(2,3)4)28(17-27)32-18-23-14-24(19-32)16-25(15-23)20-32/h7-13,17,23-25H,14-16,18-20H2,1-6H3,(H,33,34). The molecule has 4 heteroatoms. The molecule has 36 heavy (non-hydrogen) atoms. The van der Waals surface area contributed by atoms with Crippen LogP contribution < -0.4 is 4.43 Å². The van der Waals surface area contributed by atoms with Crippen LogP contribution in [-0.2, 0) is 5.41 Å². The van der Waals surface area contributed by atoms with Gasteiger partial charge in [-0.25, -0.2) is 4.79 Å². The van der Waals surface area contributed by atoms with E-state index in [0.717, 1.165) is 29.1 Å². The molecule has 2 aromatic rings. The van der Waals surface area contributed by atoms with Crippen molar-refractivity contribution in [3.63, 3.8) is 0 Å². The average molecular weight is 503 g/mol. The van der Waals surface area contributed by atoms with Gasteiger partial charge in [0.25, 0.3) is 0 Å². The van der Waals surface area contributed by atoms with Gasteiger partial charge in [-0.1, -0.05) is 45.0 Å². The van der Waals surface area contributed by atoms with Crippen molar-refractivity contribution in [2.75, 3.05) is 0 Å². The van der Waals surface area contributed by atoms with Crippen LogP contribution in [-0.4, -0.2) is 19.4 Å². The number of carboxylic acid groups (broad SMARTS) is 1. The maximum atomic E-state index is 11.2. The lowest BCUT2D eigenvalue weighted by atomic mass is 9.48. The van der Waals surface area contributed by atoms with E-state index in [9.17, 15) is 9.90 Å². The fourth-order valence-electron chi connectivity index (χ4n) is 7.20. The summed E-state index contributed by atoms with van der Waals surface area (Å²) in [6, 6.07) is 14.1. The van der Waals surface area contributed by atoms with Crippen molar-refractivity contribution in [2.45, 2.75) is 89.8 Å². The van der Waals surface area contributed by atoms with Crippen LogP contribution in [0.25, 0.3) is 11.6 Å². The second kappa shape index (κ2) is 8.90. The Morgan fingerprint density at radius 2 is 1.47 bits per heavy atom. The van der Waals surface area contributed by atoms with Crippen LogP contribution in [0.5, 0.6) is 5.75 Å². The van der Waals surface area contributed by atoms with E-state index in [1.54, 1.807) is 12.1 Å². The summed E-state index contributed by atoms with van der Waals surface area (Å²) in [6.07, 6.45) is 10.4. The molecule has 0 aliphatic heterocycles. The Morgan fingerprint density at radius 3 is 1.97 bits per heavy atom. The molecule has 0 radical (unpaired) electrons. The minimum atomic E-state index is -1.97. The molecular formula is C32H42O3Si. The Balaban J connectivity index is 1.55. The monoisotopic (exact) mass is 502 g/mol. The molecule has 0 aromatic heterocycles. The smallest absolute Gasteiger partial charge is 0.335 e. The molecule has 2 aromatic carbocycles. The first-order valence-corrected chi connectivity index (χ1v) is 16.6. The van der Waals surface area contributed by atoms with E-state index >= 15 is 0 Å². The van der Waals surface area contributed by atoms with Crippen LogP contribution in [0, 0.1) is 17.8 Å². The number of benzene rings is 2. The van der Waals surface area contributed by atoms with Gasteiger partial charge in [-0.2, -0.15) is 0 Å². The van der Waals surface area contributed by atoms with Gasteiger partial charge in [-0.15, -0.1) is 0 Å². The van der Waals surface area contributed by atoms with Gasteiger partial charge in [-0.05, 0) is 133 Å². The molecule has 4 aliphatic carbocycles. The van der Waals surface area contributed by atoms with E-state index in [1.165, 1.54) is 55.2 Å². The summed E-state index contributed by atoms with van der Waals surface area (Å²) in [5.41, 5.74) is 5.49. The minimum absolute atomic E-state index is 0.155. The molecule has 4 saturated carbocycles. The van der Waals surface area contributed by atoms with Gasteiger partial charge in [0, 0.05) is 0 Å². The van der Waals surface area contributed by atoms with E-state index in [-0.39, 0.29) is 10.5 Å². The molecule has 3 nitrogen and oxygen atoms in total. The van der Waals surface area contributed by atoms with Crippen molar-refractivity contribution >= 4 is 25.9 Å². The van der Waals surface area contributed by atoms with Crippen molar-refractivity contribution in [3.8, 4) is 5.75 Å². The first kappa shape index (κ1) is 25.3. The first-order chi connectivity index (χ1) is 16.8. The summed E-state index contributed by atoms with van der Waals surface area (Å²) in [5, 5.41) is 9.37. The highest BCUT2D eigenvalue weighted by Gasteiger charge is 2.53. The zero-order valence-electron chi connectivity index (χ0n) is 22.9. The second-order valence-corrected chi connectivity index (χ2v) is 18.3. The summed E-state index contributed by atoms with van der Waals surface area (Å²) in [6.45, 7) is 13.8. The average Bonchev–Trinajstić information content (AvgIpc) is 2.77. The van der Waals surface area contributed by atoms with Gasteiger partial charge >= 0.3 is 5.97 Å². The van der Waals surface area contributed by atoms with E-state index in [4.69, 9.17) is 4.43 Å². The Morgan fingerprint density at radius 1 is 0.944 bits per heavy atom. The largest absolute Gasteiger partial charge is 0.543 e. The molecule has 192 valence electrons. The van der Waals surface area contributed by atoms with Crippen LogP contribution in [0.2, 0.25) is 18.1 Å². The number of aromatic carboxylic acids is 1. The minimum Gasteiger partial charge on any atom is -0.543 e. The molecular weight excluding hydrogens is 460 g/mol. The molecule has 0 unspecified atom stereocenters. The Bertz CT molecular complexity index is 1150. The third-order valence-electron chi connectivity index (χ3n) is 9.76. The number of carbonyl (C=O) groups is 1. The van der Waals surface area contributed by atoms with E-state index in [0.29, 0.717) is 5.56 Å². The fraction of sp³-hybridized carbons (Fsp3) is 0.531. The van der Waals surface area contributed by atoms with Crippen LogP contribution >= 0.6 is 0 Å². The summed E-state index contributed by atoms with van der Waals surface area (Å²) >= 11 is 0. The summed E-state index contributed by atoms with van der Waals surface area (Å²) in [4.78, 5) is 11.2. The molecule has 0 atom stereocenters. The molecule has 0 saturated heterocycles. The predicted octanol–water partition coefficient (Wildman–Crippen LogP) is 8.80. The van der Waals surface area contributed by atoms with Crippen LogP contribution in [0.4, 0.5) is 0 Å². The van der Waals surface area contributed by atoms with Gasteiger partial charge in [0.1, 0.15) is 5.75 Å². The first-order valence-electron chi connectivity index (χ1n) is 13.7. The maximum Gasteiger partial charge on any atom is 0.335 e. The number of hydrogen-bond donors (Lipinski definition) is 1. The number of allylic oxidation sites excluding steroid dienone is 1. The lowest BCUT2D eigenvalue weighted by molar-refractivity contribution is -0.00587. The molecule has 4 aliphatic rings. The normalized spacial score (nSPS) is 27.8. The zero-order chi connectivity index (χ0) is 25.9. The van der Waals surface area contributed by atoms with Gasteiger partial charge in [0.05, 0.1) is 5.56 Å². The SMILES string of the molecule is CC(=Cc1ccc(C(=O)O)cc1)c1ccc(O[Si](C)(C)C(C)(C)C)c(C23CC4CC(CC(C4)C2)C3)c1. The molecule has 0 spiro atoms. The lowest BCUT2D eigenvalue weighted by Crippen LogP contribution is -2.49. The van der Waals surface area contributed by atoms with E-state index in [1.807, 2.05) is 12.1 Å². The Labute approximate surface area is 218 Å². The van der Waals surface area contributed by atoms with E-state index < -0.39 is 14.3 Å². The lowest BCUT2D eigenvalue weighted by Gasteiger charge is -2.57. The van der Waals surface area contributed by atoms with Gasteiger partial charge in [0.2, 0.25) is 8.32 Å². The fourth-order valence-corrected chi connectivity index (χ4v) is 8.24. The van der Waals surface area contributed by atoms with Crippen molar-refractivity contribution in [2.24, 2.45) is 17.8 Å². The number of carboxylic acids is 1. The highest BCUT2D eigenvalue weighted by Crippen LogP contribution is 2.62. The molecule has 4 bridgehead atoms. The van der Waals surface area contributed by atoms with Gasteiger partial charge in [-0.3, -0.25) is 0 Å². The highest BCUT2D eigenvalue weighted by atomic mass is 28.4. The Hall–Kier alpha value is -2.33. The zero-order valence-corrected chi connectivity index (χ0v) is 23.9. The molecule has 0 amide bonds. The van der Waals surface area contributed by atoms with Crippen molar-refractivity contribution in [3.05, 3.63) is 64.7 Å². The van der Waals surface area contributed by atoms with Crippen LogP contribution in [0.15, 0.2) is 42.5 Å².